The molecule has 2 unspecified atom stereocenters. The number of hydrogen-bond donors (Lipinski definition) is 3. The molecule has 1 aromatic rings. The highest BCUT2D eigenvalue weighted by molar-refractivity contribution is 5.80. The molecule has 9 heteroatoms. The molecular weight excluding hydrogens is 331 g/mol. The van der Waals surface area contributed by atoms with Crippen LogP contribution in [0.2, 0.25) is 0 Å². The fourth-order valence-corrected chi connectivity index (χ4v) is 1.77. The van der Waals surface area contributed by atoms with Gasteiger partial charge in [-0.1, -0.05) is 12.1 Å². The maximum absolute atomic E-state index is 12.5. The SMILES string of the molecule is CC(C)(C)OC(=O)NC(C(=O)O)C(O)c1ccc(C(F)(F)F)cc1. The monoisotopic (exact) mass is 349 g/mol. The number of nitrogens with one attached hydrogen (secondary N) is 1. The third-order valence-electron chi connectivity index (χ3n) is 2.83. The number of carboxylic acid groups (broad SMARTS) is 1. The Morgan fingerprint density at radius 1 is 1.12 bits per heavy atom. The number of benzene rings is 1. The van der Waals surface area contributed by atoms with Crippen LogP contribution < -0.4 is 5.32 Å². The van der Waals surface area contributed by atoms with Gasteiger partial charge in [0.1, 0.15) is 11.7 Å². The van der Waals surface area contributed by atoms with Crippen molar-refractivity contribution in [3.63, 3.8) is 0 Å². The van der Waals surface area contributed by atoms with E-state index in [1.165, 1.54) is 0 Å². The van der Waals surface area contributed by atoms with Gasteiger partial charge in [0, 0.05) is 0 Å². The van der Waals surface area contributed by atoms with Crippen molar-refractivity contribution in [3.8, 4) is 0 Å². The van der Waals surface area contributed by atoms with E-state index in [-0.39, 0.29) is 5.56 Å². The van der Waals surface area contributed by atoms with Crippen molar-refractivity contribution in [3.05, 3.63) is 35.4 Å². The Balaban J connectivity index is 2.92. The van der Waals surface area contributed by atoms with E-state index < -0.39 is 41.5 Å². The van der Waals surface area contributed by atoms with Gasteiger partial charge in [-0.3, -0.25) is 0 Å². The average Bonchev–Trinajstić information content (AvgIpc) is 2.41. The van der Waals surface area contributed by atoms with Crippen molar-refractivity contribution in [2.24, 2.45) is 0 Å². The molecule has 0 aliphatic carbocycles. The predicted octanol–water partition coefficient (Wildman–Crippen LogP) is 2.72. The molecule has 0 fully saturated rings. The second-order valence-electron chi connectivity index (χ2n) is 6.03. The number of rotatable bonds is 4. The first-order valence-electron chi connectivity index (χ1n) is 6.89. The Morgan fingerprint density at radius 2 is 1.62 bits per heavy atom. The summed E-state index contributed by atoms with van der Waals surface area (Å²) >= 11 is 0. The highest BCUT2D eigenvalue weighted by Gasteiger charge is 2.33. The van der Waals surface area contributed by atoms with Gasteiger partial charge in [0.2, 0.25) is 0 Å². The van der Waals surface area contributed by atoms with E-state index in [1.54, 1.807) is 20.8 Å². The zero-order chi connectivity index (χ0) is 18.7. The van der Waals surface area contributed by atoms with E-state index in [0.29, 0.717) is 12.1 Å². The first-order chi connectivity index (χ1) is 10.8. The van der Waals surface area contributed by atoms with E-state index >= 15 is 0 Å². The topological polar surface area (TPSA) is 95.9 Å². The molecule has 1 aromatic carbocycles. The third-order valence-corrected chi connectivity index (χ3v) is 2.83. The van der Waals surface area contributed by atoms with Crippen molar-refractivity contribution in [2.45, 2.75) is 44.7 Å². The van der Waals surface area contributed by atoms with Crippen molar-refractivity contribution < 1.29 is 37.7 Å². The van der Waals surface area contributed by atoms with Crippen LogP contribution in [0.4, 0.5) is 18.0 Å². The van der Waals surface area contributed by atoms with Crippen LogP contribution >= 0.6 is 0 Å². The molecule has 0 aliphatic heterocycles. The standard InChI is InChI=1S/C15H18F3NO5/c1-14(2,3)24-13(23)19-10(12(21)22)11(20)8-4-6-9(7-5-8)15(16,17)18/h4-7,10-11,20H,1-3H3,(H,19,23)(H,21,22). The quantitative estimate of drug-likeness (QED) is 0.777. The number of alkyl carbamates (subject to hydrolysis) is 1. The normalized spacial score (nSPS) is 14.6. The van der Waals surface area contributed by atoms with E-state index in [4.69, 9.17) is 9.84 Å². The lowest BCUT2D eigenvalue weighted by molar-refractivity contribution is -0.143. The maximum atomic E-state index is 12.5. The molecule has 134 valence electrons. The summed E-state index contributed by atoms with van der Waals surface area (Å²) in [5, 5.41) is 21.2. The molecule has 0 spiro atoms. The molecule has 0 radical (unpaired) electrons. The van der Waals surface area contributed by atoms with E-state index in [0.717, 1.165) is 12.1 Å². The van der Waals surface area contributed by atoms with Gasteiger partial charge in [0.05, 0.1) is 5.56 Å². The summed E-state index contributed by atoms with van der Waals surface area (Å²) in [4.78, 5) is 22.9. The summed E-state index contributed by atoms with van der Waals surface area (Å²) in [7, 11) is 0. The minimum Gasteiger partial charge on any atom is -0.480 e. The number of carboxylic acids is 1. The first-order valence-corrected chi connectivity index (χ1v) is 6.89. The largest absolute Gasteiger partial charge is 0.480 e. The molecule has 0 bridgehead atoms. The Labute approximate surface area is 136 Å². The van der Waals surface area contributed by atoms with Crippen LogP contribution in [0.5, 0.6) is 0 Å². The highest BCUT2D eigenvalue weighted by atomic mass is 19.4. The fourth-order valence-electron chi connectivity index (χ4n) is 1.77. The van der Waals surface area contributed by atoms with Crippen molar-refractivity contribution in [2.75, 3.05) is 0 Å². The average molecular weight is 349 g/mol. The van der Waals surface area contributed by atoms with Crippen LogP contribution in [0.25, 0.3) is 0 Å². The lowest BCUT2D eigenvalue weighted by Crippen LogP contribution is -2.46. The predicted molar refractivity (Wildman–Crippen MR) is 77.2 cm³/mol. The molecule has 1 rings (SSSR count). The number of hydrogen-bond acceptors (Lipinski definition) is 4. The summed E-state index contributed by atoms with van der Waals surface area (Å²) in [6.45, 7) is 4.69. The van der Waals surface area contributed by atoms with Crippen LogP contribution in [-0.4, -0.2) is 33.9 Å². The van der Waals surface area contributed by atoms with Crippen molar-refractivity contribution in [1.29, 1.82) is 0 Å². The summed E-state index contributed by atoms with van der Waals surface area (Å²) in [5.74, 6) is -1.56. The molecular formula is C15H18F3NO5. The lowest BCUT2D eigenvalue weighted by Gasteiger charge is -2.24. The molecule has 0 saturated carbocycles. The maximum Gasteiger partial charge on any atom is 0.416 e. The molecule has 0 aromatic heterocycles. The van der Waals surface area contributed by atoms with E-state index in [2.05, 4.69) is 0 Å². The molecule has 0 heterocycles. The summed E-state index contributed by atoms with van der Waals surface area (Å²) in [6.07, 6.45) is -7.37. The second kappa shape index (κ2) is 7.08. The van der Waals surface area contributed by atoms with Gasteiger partial charge in [0.15, 0.2) is 6.04 Å². The molecule has 1 amide bonds. The number of amides is 1. The zero-order valence-corrected chi connectivity index (χ0v) is 13.2. The second-order valence-corrected chi connectivity index (χ2v) is 6.03. The number of aliphatic carboxylic acids is 1. The van der Waals surface area contributed by atoms with Gasteiger partial charge in [-0.05, 0) is 38.5 Å². The van der Waals surface area contributed by atoms with Crippen LogP contribution in [-0.2, 0) is 15.7 Å². The van der Waals surface area contributed by atoms with E-state index in [1.807, 2.05) is 5.32 Å². The Bertz CT molecular complexity index is 593. The van der Waals surface area contributed by atoms with Crippen molar-refractivity contribution >= 4 is 12.1 Å². The summed E-state index contributed by atoms with van der Waals surface area (Å²) in [5.41, 5.74) is -1.91. The van der Waals surface area contributed by atoms with Crippen LogP contribution in [0.3, 0.4) is 0 Å². The smallest absolute Gasteiger partial charge is 0.416 e. The summed E-state index contributed by atoms with van der Waals surface area (Å²) < 4.78 is 42.4. The van der Waals surface area contributed by atoms with Crippen molar-refractivity contribution in [1.82, 2.24) is 5.32 Å². The lowest BCUT2D eigenvalue weighted by atomic mass is 10.0. The van der Waals surface area contributed by atoms with Gasteiger partial charge in [-0.2, -0.15) is 13.2 Å². The molecule has 24 heavy (non-hydrogen) atoms. The van der Waals surface area contributed by atoms with Gasteiger partial charge < -0.3 is 20.3 Å². The number of aliphatic hydroxyl groups is 1. The number of halogens is 3. The van der Waals surface area contributed by atoms with Crippen LogP contribution in [0.15, 0.2) is 24.3 Å². The fraction of sp³-hybridized carbons (Fsp3) is 0.467. The third kappa shape index (κ3) is 5.73. The molecule has 6 nitrogen and oxygen atoms in total. The van der Waals surface area contributed by atoms with Crippen LogP contribution in [0, 0.1) is 0 Å². The van der Waals surface area contributed by atoms with Gasteiger partial charge >= 0.3 is 18.2 Å². The van der Waals surface area contributed by atoms with Gasteiger partial charge in [-0.15, -0.1) is 0 Å². The number of ether oxygens (including phenoxy) is 1. The number of aliphatic hydroxyl groups excluding tert-OH is 1. The summed E-state index contributed by atoms with van der Waals surface area (Å²) in [6, 6.07) is 1.53. The first kappa shape index (κ1) is 19.8. The number of carbonyl (C=O) groups excluding carboxylic acids is 1. The Kier molecular flexibility index (Phi) is 5.83. The number of carbonyl (C=O) groups is 2. The van der Waals surface area contributed by atoms with E-state index in [9.17, 15) is 27.9 Å². The highest BCUT2D eigenvalue weighted by Crippen LogP contribution is 2.30. The van der Waals surface area contributed by atoms with Gasteiger partial charge in [-0.25, -0.2) is 9.59 Å². The zero-order valence-electron chi connectivity index (χ0n) is 13.2. The molecule has 0 aliphatic rings. The molecule has 0 saturated heterocycles. The molecule has 2 atom stereocenters. The Hall–Kier alpha value is -2.29. The Morgan fingerprint density at radius 3 is 2.00 bits per heavy atom. The van der Waals surface area contributed by atoms with Crippen LogP contribution in [0.1, 0.15) is 38.0 Å². The molecule has 3 N–H and O–H groups in total. The number of alkyl halides is 3. The minimum absolute atomic E-state index is 0.0912. The minimum atomic E-state index is -4.55. The van der Waals surface area contributed by atoms with Gasteiger partial charge in [0.25, 0.3) is 0 Å².